The molecule has 2 amide bonds. The summed E-state index contributed by atoms with van der Waals surface area (Å²) in [5.74, 6) is 1.77. The van der Waals surface area contributed by atoms with Crippen molar-refractivity contribution in [3.05, 3.63) is 10.3 Å². The molecule has 7 heterocycles. The molecule has 2 unspecified atom stereocenters. The molecule has 2 atom stereocenters. The first kappa shape index (κ1) is 31.5. The average Bonchev–Trinajstić information content (AvgIpc) is 3.65. The second kappa shape index (κ2) is 12.7. The van der Waals surface area contributed by atoms with E-state index >= 15 is 0 Å². The summed E-state index contributed by atoms with van der Waals surface area (Å²) in [5, 5.41) is 13.2. The molecular weight excluding hydrogens is 608 g/mol. The second-order valence-corrected chi connectivity index (χ2v) is 15.0. The predicted octanol–water partition coefficient (Wildman–Crippen LogP) is 3.22. The number of piperidine rings is 1. The highest BCUT2D eigenvalue weighted by molar-refractivity contribution is 7.18. The first-order chi connectivity index (χ1) is 21.0. The number of thiazole rings is 1. The van der Waals surface area contributed by atoms with Crippen molar-refractivity contribution in [2.45, 2.75) is 45.8 Å². The Hall–Kier alpha value is -2.52. The van der Waals surface area contributed by atoms with Gasteiger partial charge in [0.25, 0.3) is 0 Å². The molecule has 0 bridgehead atoms. The molecule has 5 saturated heterocycles. The molecule has 0 aromatic carbocycles. The average molecular weight is 651 g/mol. The van der Waals surface area contributed by atoms with Crippen LogP contribution in [0.4, 0.5) is 15.4 Å². The number of fused-ring (bicyclic) bond motifs is 2. The minimum Gasteiger partial charge on any atom is -0.465 e. The lowest BCUT2D eigenvalue weighted by atomic mass is 9.73. The Kier molecular flexibility index (Phi) is 9.08. The van der Waals surface area contributed by atoms with Crippen LogP contribution in [0.1, 0.15) is 38.6 Å². The van der Waals surface area contributed by atoms with Gasteiger partial charge in [0.05, 0.1) is 19.8 Å². The minimum absolute atomic E-state index is 0.198. The monoisotopic (exact) mass is 650 g/mol. The van der Waals surface area contributed by atoms with Crippen LogP contribution in [0.2, 0.25) is 5.28 Å². The summed E-state index contributed by atoms with van der Waals surface area (Å²) in [5.41, 5.74) is 0.817. The lowest BCUT2D eigenvalue weighted by Gasteiger charge is -2.47. The SMILES string of the molecule is CC(C)(C)OC(=O)N1CC2CN(Cc3nc4c(N5CCOCC5)nc(Cl)nc4s3)CC2C1.O=C(O)N1CCC2(CC1)CNC2. The molecule has 0 radical (unpaired) electrons. The second-order valence-electron chi connectivity index (χ2n) is 13.6. The smallest absolute Gasteiger partial charge is 0.410 e. The van der Waals surface area contributed by atoms with Crippen LogP contribution < -0.4 is 10.2 Å². The molecule has 0 saturated carbocycles. The van der Waals surface area contributed by atoms with E-state index in [9.17, 15) is 9.59 Å². The Morgan fingerprint density at radius 2 is 1.68 bits per heavy atom. The van der Waals surface area contributed by atoms with Gasteiger partial charge in [-0.05, 0) is 62.5 Å². The van der Waals surface area contributed by atoms with Crippen LogP contribution in [0, 0.1) is 17.3 Å². The van der Waals surface area contributed by atoms with Crippen LogP contribution in [-0.4, -0.2) is 131 Å². The lowest BCUT2D eigenvalue weighted by Crippen LogP contribution is -2.58. The van der Waals surface area contributed by atoms with Gasteiger partial charge in [-0.3, -0.25) is 4.90 Å². The van der Waals surface area contributed by atoms with Crippen molar-refractivity contribution >= 4 is 51.3 Å². The Morgan fingerprint density at radius 1 is 1.02 bits per heavy atom. The summed E-state index contributed by atoms with van der Waals surface area (Å²) in [6, 6.07) is 0. The number of hydrogen-bond donors (Lipinski definition) is 2. The third-order valence-corrected chi connectivity index (χ3v) is 10.3. The van der Waals surface area contributed by atoms with Crippen LogP contribution in [0.15, 0.2) is 0 Å². The summed E-state index contributed by atoms with van der Waals surface area (Å²) in [6.07, 6.45) is 1.10. The Bertz CT molecular complexity index is 1340. The van der Waals surface area contributed by atoms with Gasteiger partial charge in [0, 0.05) is 65.4 Å². The number of halogens is 1. The highest BCUT2D eigenvalue weighted by Gasteiger charge is 2.43. The molecule has 2 N–H and O–H groups in total. The van der Waals surface area contributed by atoms with Crippen molar-refractivity contribution < 1.29 is 24.2 Å². The molecule has 15 heteroatoms. The van der Waals surface area contributed by atoms with Crippen molar-refractivity contribution in [1.29, 1.82) is 0 Å². The van der Waals surface area contributed by atoms with Crippen LogP contribution in [0.3, 0.4) is 0 Å². The summed E-state index contributed by atoms with van der Waals surface area (Å²) in [6.45, 7) is 16.5. The molecule has 2 aromatic rings. The molecule has 5 aliphatic rings. The number of hydrogen-bond acceptors (Lipinski definition) is 11. The maximum atomic E-state index is 12.4. The first-order valence-electron chi connectivity index (χ1n) is 15.5. The molecule has 44 heavy (non-hydrogen) atoms. The Morgan fingerprint density at radius 3 is 2.25 bits per heavy atom. The van der Waals surface area contributed by atoms with Crippen LogP contribution in [-0.2, 0) is 16.0 Å². The number of ether oxygens (including phenoxy) is 2. The molecule has 5 fully saturated rings. The van der Waals surface area contributed by atoms with Gasteiger partial charge in [-0.15, -0.1) is 0 Å². The standard InChI is InChI=1S/C21H29ClN6O3S.C8H14N2O2/c1-21(2,3)31-20(29)28-10-13-8-26(9-14(13)11-28)12-15-23-16-17(27-4-6-30-7-5-27)24-19(22)25-18(16)32-15;11-7(12)10-3-1-8(2-4-10)5-9-6-8/h13-14H,4-12H2,1-3H3;9H,1-6H2,(H,11,12). The zero-order valence-corrected chi connectivity index (χ0v) is 27.3. The number of carbonyl (C=O) groups is 2. The van der Waals surface area contributed by atoms with E-state index in [4.69, 9.17) is 31.2 Å². The number of aromatic nitrogens is 3. The largest absolute Gasteiger partial charge is 0.465 e. The van der Waals surface area contributed by atoms with Crippen molar-refractivity contribution in [3.63, 3.8) is 0 Å². The third kappa shape index (κ3) is 7.14. The van der Waals surface area contributed by atoms with Crippen LogP contribution in [0.5, 0.6) is 0 Å². The van der Waals surface area contributed by atoms with Gasteiger partial charge in [0.1, 0.15) is 16.1 Å². The molecule has 1 spiro atoms. The molecule has 13 nitrogen and oxygen atoms in total. The van der Waals surface area contributed by atoms with E-state index in [0.717, 1.165) is 106 Å². The van der Waals surface area contributed by atoms with Gasteiger partial charge in [-0.2, -0.15) is 4.98 Å². The summed E-state index contributed by atoms with van der Waals surface area (Å²) >= 11 is 7.80. The van der Waals surface area contributed by atoms with Crippen molar-refractivity contribution in [2.24, 2.45) is 17.3 Å². The van der Waals surface area contributed by atoms with Gasteiger partial charge < -0.3 is 34.6 Å². The Labute approximate surface area is 266 Å². The fraction of sp³-hybridized carbons (Fsp3) is 0.759. The number of amides is 2. The van der Waals surface area contributed by atoms with E-state index < -0.39 is 11.7 Å². The number of likely N-dealkylation sites (tertiary alicyclic amines) is 3. The van der Waals surface area contributed by atoms with Gasteiger partial charge in [0.15, 0.2) is 10.6 Å². The number of anilines is 1. The minimum atomic E-state index is -0.767. The van der Waals surface area contributed by atoms with Crippen molar-refractivity contribution in [3.8, 4) is 0 Å². The first-order valence-corrected chi connectivity index (χ1v) is 16.7. The number of carboxylic acid groups (broad SMARTS) is 1. The highest BCUT2D eigenvalue weighted by atomic mass is 35.5. The van der Waals surface area contributed by atoms with E-state index in [2.05, 4.69) is 25.1 Å². The van der Waals surface area contributed by atoms with Crippen LogP contribution in [0.25, 0.3) is 10.3 Å². The van der Waals surface area contributed by atoms with Gasteiger partial charge in [-0.1, -0.05) is 11.3 Å². The van der Waals surface area contributed by atoms with E-state index in [-0.39, 0.29) is 11.4 Å². The quantitative estimate of drug-likeness (QED) is 0.474. The van der Waals surface area contributed by atoms with Crippen molar-refractivity contribution in [1.82, 2.24) is 35.0 Å². The summed E-state index contributed by atoms with van der Waals surface area (Å²) < 4.78 is 11.0. The molecular formula is C29H43ClN8O5S. The highest BCUT2D eigenvalue weighted by Crippen LogP contribution is 2.36. The zero-order valence-electron chi connectivity index (χ0n) is 25.8. The summed E-state index contributed by atoms with van der Waals surface area (Å²) in [7, 11) is 0. The maximum absolute atomic E-state index is 12.4. The normalized spacial score (nSPS) is 25.0. The number of nitrogens with zero attached hydrogens (tertiary/aromatic N) is 7. The summed E-state index contributed by atoms with van der Waals surface area (Å²) in [4.78, 5) is 45.6. The van der Waals surface area contributed by atoms with Crippen molar-refractivity contribution in [2.75, 3.05) is 83.6 Å². The fourth-order valence-electron chi connectivity index (χ4n) is 6.78. The van der Waals surface area contributed by atoms with Gasteiger partial charge in [-0.25, -0.2) is 19.6 Å². The molecule has 5 aliphatic heterocycles. The van der Waals surface area contributed by atoms with E-state index in [0.29, 0.717) is 30.5 Å². The van der Waals surface area contributed by atoms with Gasteiger partial charge >= 0.3 is 12.2 Å². The Balaban J connectivity index is 0.000000238. The van der Waals surface area contributed by atoms with Crippen LogP contribution >= 0.6 is 22.9 Å². The fourth-order valence-corrected chi connectivity index (χ4v) is 7.97. The number of morpholine rings is 1. The van der Waals surface area contributed by atoms with E-state index in [1.807, 2.05) is 25.7 Å². The lowest BCUT2D eigenvalue weighted by molar-refractivity contribution is 0.0274. The number of carbonyl (C=O) groups excluding carboxylic acids is 1. The predicted molar refractivity (Wildman–Crippen MR) is 167 cm³/mol. The van der Waals surface area contributed by atoms with Gasteiger partial charge in [0.2, 0.25) is 5.28 Å². The topological polar surface area (TPSA) is 136 Å². The maximum Gasteiger partial charge on any atom is 0.410 e. The molecule has 2 aromatic heterocycles. The third-order valence-electron chi connectivity index (χ3n) is 9.24. The molecule has 0 aliphatic carbocycles. The zero-order chi connectivity index (χ0) is 31.1. The number of nitrogens with one attached hydrogen (secondary N) is 1. The molecule has 242 valence electrons. The van der Waals surface area contributed by atoms with E-state index in [1.165, 1.54) is 4.90 Å². The number of rotatable bonds is 3. The molecule has 7 rings (SSSR count). The van der Waals surface area contributed by atoms with E-state index in [1.54, 1.807) is 11.3 Å².